The van der Waals surface area contributed by atoms with Crippen LogP contribution in [0.15, 0.2) is 29.4 Å². The Morgan fingerprint density at radius 3 is 2.62 bits per heavy atom. The second-order valence-corrected chi connectivity index (χ2v) is 7.99. The monoisotopic (exact) mass is 345 g/mol. The summed E-state index contributed by atoms with van der Waals surface area (Å²) >= 11 is 1.34. The molecule has 0 bridgehead atoms. The number of fused-ring (bicyclic) bond motifs is 1. The van der Waals surface area contributed by atoms with Crippen molar-refractivity contribution < 1.29 is 4.79 Å². The lowest BCUT2D eigenvalue weighted by molar-refractivity contribution is -0.129. The summed E-state index contributed by atoms with van der Waals surface area (Å²) in [4.78, 5) is 14.4. The van der Waals surface area contributed by atoms with Crippen LogP contribution in [0.5, 0.6) is 0 Å². The third-order valence-corrected chi connectivity index (χ3v) is 5.07. The fourth-order valence-corrected chi connectivity index (χ4v) is 3.57. The van der Waals surface area contributed by atoms with Crippen molar-refractivity contribution >= 4 is 17.7 Å². The lowest BCUT2D eigenvalue weighted by Crippen LogP contribution is -2.37. The Kier molecular flexibility index (Phi) is 4.54. The predicted molar refractivity (Wildman–Crippen MR) is 95.2 cm³/mol. The number of nitrogens with two attached hydrogens (primary N) is 1. The number of amides is 1. The fourth-order valence-electron chi connectivity index (χ4n) is 2.81. The number of benzene rings is 1. The molecule has 0 saturated carbocycles. The summed E-state index contributed by atoms with van der Waals surface area (Å²) in [7, 11) is 0. The van der Waals surface area contributed by atoms with Crippen molar-refractivity contribution in [2.45, 2.75) is 44.3 Å². The Labute approximate surface area is 146 Å². The Hall–Kier alpha value is -2.02. The van der Waals surface area contributed by atoms with Crippen molar-refractivity contribution in [3.8, 4) is 0 Å². The van der Waals surface area contributed by atoms with E-state index in [9.17, 15) is 4.79 Å². The van der Waals surface area contributed by atoms with Crippen LogP contribution in [0, 0.1) is 0 Å². The molecule has 1 aliphatic heterocycles. The van der Waals surface area contributed by atoms with Gasteiger partial charge in [0.1, 0.15) is 0 Å². The average molecular weight is 345 g/mol. The molecular formula is C17H23N5OS. The molecular weight excluding hydrogens is 322 g/mol. The number of carbonyl (C=O) groups excluding carboxylic acids is 1. The van der Waals surface area contributed by atoms with Gasteiger partial charge in [0.2, 0.25) is 11.1 Å². The van der Waals surface area contributed by atoms with Crippen LogP contribution in [0.2, 0.25) is 0 Å². The number of hydrogen-bond donors (Lipinski definition) is 1. The first-order chi connectivity index (χ1) is 11.4. The number of hydrogen-bond acceptors (Lipinski definition) is 5. The maximum atomic E-state index is 12.5. The summed E-state index contributed by atoms with van der Waals surface area (Å²) in [6.07, 6.45) is 0.911. The summed E-state index contributed by atoms with van der Waals surface area (Å²) in [6, 6.07) is 8.30. The van der Waals surface area contributed by atoms with Gasteiger partial charge in [-0.05, 0) is 17.5 Å². The number of rotatable bonds is 3. The van der Waals surface area contributed by atoms with Crippen molar-refractivity contribution in [1.29, 1.82) is 0 Å². The molecule has 2 heterocycles. The number of aromatic nitrogens is 3. The van der Waals surface area contributed by atoms with Gasteiger partial charge in [-0.1, -0.05) is 56.8 Å². The first-order valence-electron chi connectivity index (χ1n) is 8.04. The second-order valence-electron chi connectivity index (χ2n) is 7.05. The van der Waals surface area contributed by atoms with E-state index in [4.69, 9.17) is 5.84 Å². The van der Waals surface area contributed by atoms with E-state index in [0.29, 0.717) is 23.3 Å². The highest BCUT2D eigenvalue weighted by Gasteiger charge is 2.25. The Morgan fingerprint density at radius 1 is 1.25 bits per heavy atom. The lowest BCUT2D eigenvalue weighted by Gasteiger charge is -2.28. The molecule has 128 valence electrons. The van der Waals surface area contributed by atoms with Crippen LogP contribution in [0.25, 0.3) is 0 Å². The van der Waals surface area contributed by atoms with Crippen LogP contribution in [-0.2, 0) is 23.2 Å². The summed E-state index contributed by atoms with van der Waals surface area (Å²) in [6.45, 7) is 7.54. The Bertz CT molecular complexity index is 750. The minimum absolute atomic E-state index is 0.106. The number of thioether (sulfide) groups is 1. The highest BCUT2D eigenvalue weighted by Crippen LogP contribution is 2.24. The van der Waals surface area contributed by atoms with Crippen molar-refractivity contribution in [2.75, 3.05) is 18.1 Å². The van der Waals surface area contributed by atoms with Crippen molar-refractivity contribution in [2.24, 2.45) is 0 Å². The van der Waals surface area contributed by atoms with E-state index in [1.165, 1.54) is 27.6 Å². The second kappa shape index (κ2) is 6.47. The predicted octanol–water partition coefficient (Wildman–Crippen LogP) is 1.97. The maximum Gasteiger partial charge on any atom is 0.233 e. The van der Waals surface area contributed by atoms with Gasteiger partial charge < -0.3 is 10.7 Å². The standard InChI is InChI=1S/C17H23N5OS/c1-17(2,3)15-19-20-16(22(15)18)24-11-14(23)21-9-8-12-6-4-5-7-13(12)10-21/h4-7H,8-11,18H2,1-3H3. The summed E-state index contributed by atoms with van der Waals surface area (Å²) in [5.74, 6) is 7.20. The molecule has 3 rings (SSSR count). The summed E-state index contributed by atoms with van der Waals surface area (Å²) < 4.78 is 1.49. The van der Waals surface area contributed by atoms with E-state index < -0.39 is 0 Å². The molecule has 1 aromatic carbocycles. The molecule has 0 aliphatic carbocycles. The molecule has 7 heteroatoms. The van der Waals surface area contributed by atoms with E-state index in [0.717, 1.165) is 13.0 Å². The van der Waals surface area contributed by atoms with Crippen LogP contribution in [-0.4, -0.2) is 38.0 Å². The number of carbonyl (C=O) groups is 1. The molecule has 1 amide bonds. The third kappa shape index (κ3) is 3.40. The molecule has 1 aliphatic rings. The lowest BCUT2D eigenvalue weighted by atomic mass is 9.96. The summed E-state index contributed by atoms with van der Waals surface area (Å²) in [5.41, 5.74) is 2.39. The molecule has 2 aromatic rings. The minimum atomic E-state index is -0.179. The molecule has 0 unspecified atom stereocenters. The zero-order chi connectivity index (χ0) is 17.3. The van der Waals surface area contributed by atoms with E-state index in [2.05, 4.69) is 22.3 Å². The number of nitrogens with zero attached hydrogens (tertiary/aromatic N) is 4. The van der Waals surface area contributed by atoms with Gasteiger partial charge in [-0.15, -0.1) is 10.2 Å². The minimum Gasteiger partial charge on any atom is -0.337 e. The summed E-state index contributed by atoms with van der Waals surface area (Å²) in [5, 5.41) is 8.84. The van der Waals surface area contributed by atoms with Gasteiger partial charge in [0, 0.05) is 18.5 Å². The molecule has 0 atom stereocenters. The fraction of sp³-hybridized carbons (Fsp3) is 0.471. The highest BCUT2D eigenvalue weighted by atomic mass is 32.2. The highest BCUT2D eigenvalue weighted by molar-refractivity contribution is 7.99. The molecule has 2 N–H and O–H groups in total. The molecule has 24 heavy (non-hydrogen) atoms. The topological polar surface area (TPSA) is 77.0 Å². The zero-order valence-corrected chi connectivity index (χ0v) is 15.1. The SMILES string of the molecule is CC(C)(C)c1nnc(SCC(=O)N2CCc3ccccc3C2)n1N. The molecule has 1 aromatic heterocycles. The van der Waals surface area contributed by atoms with Crippen LogP contribution >= 0.6 is 11.8 Å². The average Bonchev–Trinajstić information content (AvgIpc) is 2.93. The van der Waals surface area contributed by atoms with Gasteiger partial charge in [0.25, 0.3) is 0 Å². The van der Waals surface area contributed by atoms with Crippen LogP contribution in [0.4, 0.5) is 0 Å². The molecule has 0 saturated heterocycles. The van der Waals surface area contributed by atoms with Gasteiger partial charge >= 0.3 is 0 Å². The zero-order valence-electron chi connectivity index (χ0n) is 14.3. The number of nitrogen functional groups attached to an aromatic ring is 1. The van der Waals surface area contributed by atoms with Gasteiger partial charge in [-0.25, -0.2) is 4.68 Å². The van der Waals surface area contributed by atoms with Crippen molar-refractivity contribution in [3.05, 3.63) is 41.2 Å². The molecule has 0 spiro atoms. The van der Waals surface area contributed by atoms with Gasteiger partial charge in [-0.3, -0.25) is 4.79 Å². The molecule has 0 fully saturated rings. The first-order valence-corrected chi connectivity index (χ1v) is 9.03. The van der Waals surface area contributed by atoms with E-state index in [-0.39, 0.29) is 11.3 Å². The smallest absolute Gasteiger partial charge is 0.233 e. The van der Waals surface area contributed by atoms with Crippen LogP contribution in [0.1, 0.15) is 37.7 Å². The van der Waals surface area contributed by atoms with Crippen LogP contribution in [0.3, 0.4) is 0 Å². The Balaban J connectivity index is 1.62. The maximum absolute atomic E-state index is 12.5. The largest absolute Gasteiger partial charge is 0.337 e. The van der Waals surface area contributed by atoms with Crippen molar-refractivity contribution in [3.63, 3.8) is 0 Å². The van der Waals surface area contributed by atoms with Gasteiger partial charge in [0.05, 0.1) is 5.75 Å². The third-order valence-electron chi connectivity index (χ3n) is 4.14. The van der Waals surface area contributed by atoms with E-state index in [1.807, 2.05) is 37.8 Å². The van der Waals surface area contributed by atoms with Gasteiger partial charge in [-0.2, -0.15) is 0 Å². The van der Waals surface area contributed by atoms with Gasteiger partial charge in [0.15, 0.2) is 5.82 Å². The molecule has 6 nitrogen and oxygen atoms in total. The van der Waals surface area contributed by atoms with E-state index in [1.54, 1.807) is 0 Å². The normalized spacial score (nSPS) is 14.5. The first kappa shape index (κ1) is 16.8. The van der Waals surface area contributed by atoms with E-state index >= 15 is 0 Å². The van der Waals surface area contributed by atoms with Crippen LogP contribution < -0.4 is 5.84 Å². The van der Waals surface area contributed by atoms with Crippen molar-refractivity contribution in [1.82, 2.24) is 19.8 Å². The Morgan fingerprint density at radius 2 is 1.96 bits per heavy atom. The molecule has 0 radical (unpaired) electrons. The quantitative estimate of drug-likeness (QED) is 0.680.